The highest BCUT2D eigenvalue weighted by Crippen LogP contribution is 2.73. The summed E-state index contributed by atoms with van der Waals surface area (Å²) in [6, 6.07) is 0. The van der Waals surface area contributed by atoms with E-state index in [9.17, 15) is 34.5 Å². The lowest BCUT2D eigenvalue weighted by Crippen LogP contribution is -2.78. The molecule has 10 heteroatoms. The second-order valence-electron chi connectivity index (χ2n) is 13.1. The van der Waals surface area contributed by atoms with Gasteiger partial charge in [0, 0.05) is 6.42 Å². The second-order valence-corrected chi connectivity index (χ2v) is 13.1. The van der Waals surface area contributed by atoms with Crippen LogP contribution in [0.15, 0.2) is 23.8 Å². The van der Waals surface area contributed by atoms with E-state index in [1.807, 2.05) is 0 Å². The first-order valence-corrected chi connectivity index (χ1v) is 13.4. The van der Waals surface area contributed by atoms with E-state index in [-0.39, 0.29) is 31.5 Å². The highest BCUT2D eigenvalue weighted by molar-refractivity contribution is 5.99. The van der Waals surface area contributed by atoms with Gasteiger partial charge in [-0.2, -0.15) is 0 Å². The summed E-state index contributed by atoms with van der Waals surface area (Å²) < 4.78 is 18.0. The summed E-state index contributed by atoms with van der Waals surface area (Å²) in [5.74, 6) is -9.49. The van der Waals surface area contributed by atoms with E-state index in [0.717, 1.165) is 0 Å². The van der Waals surface area contributed by atoms with Gasteiger partial charge < -0.3 is 29.5 Å². The topological polar surface area (TPSA) is 157 Å². The molecule has 4 heterocycles. The Hall–Kier alpha value is -2.40. The van der Waals surface area contributed by atoms with Crippen LogP contribution in [0.1, 0.15) is 53.4 Å². The van der Waals surface area contributed by atoms with Crippen LogP contribution in [0.3, 0.4) is 0 Å². The molecular weight excluding hydrogens is 496 g/mol. The molecule has 3 aliphatic carbocycles. The van der Waals surface area contributed by atoms with E-state index in [4.69, 9.17) is 14.2 Å². The van der Waals surface area contributed by atoms with Crippen molar-refractivity contribution in [2.75, 3.05) is 0 Å². The lowest BCUT2D eigenvalue weighted by Gasteiger charge is -2.61. The van der Waals surface area contributed by atoms with Crippen molar-refractivity contribution in [2.45, 2.75) is 88.2 Å². The van der Waals surface area contributed by atoms with E-state index in [1.165, 1.54) is 13.0 Å². The fraction of sp³-hybridized carbons (Fsp3) is 0.714. The summed E-state index contributed by atoms with van der Waals surface area (Å²) in [5, 5.41) is 36.1. The third-order valence-electron chi connectivity index (χ3n) is 11.8. The van der Waals surface area contributed by atoms with Gasteiger partial charge in [-0.05, 0) is 50.0 Å². The number of allylic oxidation sites excluding steroid dienone is 3. The minimum absolute atomic E-state index is 0.0287. The van der Waals surface area contributed by atoms with Crippen LogP contribution >= 0.6 is 0 Å². The molecule has 0 unspecified atom stereocenters. The van der Waals surface area contributed by atoms with E-state index in [1.54, 1.807) is 32.9 Å². The van der Waals surface area contributed by atoms with E-state index in [0.29, 0.717) is 5.57 Å². The minimum Gasteiger partial charge on any atom is -0.458 e. The Morgan fingerprint density at radius 3 is 2.50 bits per heavy atom. The Balaban J connectivity index is 1.52. The number of ether oxygens (including phenoxy) is 3. The number of rotatable bonds is 0. The van der Waals surface area contributed by atoms with Crippen molar-refractivity contribution in [1.29, 1.82) is 0 Å². The third kappa shape index (κ3) is 2.19. The largest absolute Gasteiger partial charge is 0.458 e. The molecule has 0 radical (unpaired) electrons. The summed E-state index contributed by atoms with van der Waals surface area (Å²) >= 11 is 0. The molecule has 7 aliphatic rings. The zero-order valence-electron chi connectivity index (χ0n) is 21.7. The first kappa shape index (κ1) is 24.6. The van der Waals surface area contributed by atoms with E-state index in [2.05, 4.69) is 0 Å². The molecule has 1 saturated carbocycles. The van der Waals surface area contributed by atoms with Gasteiger partial charge in [0.05, 0.1) is 29.3 Å². The Kier molecular flexibility index (Phi) is 4.31. The van der Waals surface area contributed by atoms with Crippen molar-refractivity contribution >= 4 is 23.5 Å². The van der Waals surface area contributed by atoms with Crippen molar-refractivity contribution in [2.24, 2.45) is 34.5 Å². The molecule has 0 aromatic heterocycles. The number of aliphatic hydroxyl groups excluding tert-OH is 1. The van der Waals surface area contributed by atoms with Crippen LogP contribution in [-0.4, -0.2) is 73.6 Å². The molecule has 4 saturated heterocycles. The average molecular weight is 529 g/mol. The average Bonchev–Trinajstić information content (AvgIpc) is 3.19. The van der Waals surface area contributed by atoms with Crippen LogP contribution < -0.4 is 0 Å². The number of Topliss-reactive ketones (excluding diaryl/α,β-unsaturated/α-hetero) is 2. The van der Waals surface area contributed by atoms with Gasteiger partial charge in [-0.15, -0.1) is 0 Å². The summed E-state index contributed by atoms with van der Waals surface area (Å²) in [6.07, 6.45) is 2.64. The van der Waals surface area contributed by atoms with Crippen LogP contribution in [0.5, 0.6) is 0 Å². The van der Waals surface area contributed by atoms with Gasteiger partial charge >= 0.3 is 11.9 Å². The summed E-state index contributed by atoms with van der Waals surface area (Å²) in [4.78, 5) is 54.6. The number of fused-ring (bicyclic) bond motifs is 9. The molecule has 3 N–H and O–H groups in total. The van der Waals surface area contributed by atoms with Crippen LogP contribution in [0.2, 0.25) is 0 Å². The maximum atomic E-state index is 14.6. The van der Waals surface area contributed by atoms with Gasteiger partial charge in [0.1, 0.15) is 11.9 Å². The molecular formula is C28H32O10. The first-order chi connectivity index (χ1) is 17.6. The monoisotopic (exact) mass is 528 g/mol. The molecule has 38 heavy (non-hydrogen) atoms. The maximum Gasteiger partial charge on any atom is 0.342 e. The lowest BCUT2D eigenvalue weighted by atomic mass is 9.46. The van der Waals surface area contributed by atoms with Crippen molar-refractivity contribution in [3.05, 3.63) is 23.8 Å². The highest BCUT2D eigenvalue weighted by Gasteiger charge is 2.92. The molecule has 4 bridgehead atoms. The molecule has 1 spiro atoms. The number of ketones is 2. The van der Waals surface area contributed by atoms with Gasteiger partial charge in [0.15, 0.2) is 22.6 Å². The van der Waals surface area contributed by atoms with Gasteiger partial charge in [-0.25, -0.2) is 4.79 Å². The Labute approximate surface area is 219 Å². The number of carbonyl (C=O) groups is 4. The molecule has 12 atom stereocenters. The van der Waals surface area contributed by atoms with Gasteiger partial charge in [0.25, 0.3) is 0 Å². The third-order valence-corrected chi connectivity index (χ3v) is 11.8. The number of hydrogen-bond donors (Lipinski definition) is 3. The molecule has 0 aromatic rings. The number of aliphatic hydroxyl groups is 3. The predicted molar refractivity (Wildman–Crippen MR) is 126 cm³/mol. The Morgan fingerprint density at radius 1 is 1.08 bits per heavy atom. The quantitative estimate of drug-likeness (QED) is 0.379. The second kappa shape index (κ2) is 6.66. The number of esters is 2. The summed E-state index contributed by atoms with van der Waals surface area (Å²) in [7, 11) is 0. The molecule has 4 aliphatic heterocycles. The highest BCUT2D eigenvalue weighted by atomic mass is 16.7. The molecule has 0 amide bonds. The van der Waals surface area contributed by atoms with Crippen LogP contribution in [-0.2, 0) is 33.4 Å². The Morgan fingerprint density at radius 2 is 1.79 bits per heavy atom. The number of carbonyl (C=O) groups excluding carboxylic acids is 4. The fourth-order valence-corrected chi connectivity index (χ4v) is 9.48. The smallest absolute Gasteiger partial charge is 0.342 e. The van der Waals surface area contributed by atoms with Crippen molar-refractivity contribution in [3.8, 4) is 0 Å². The van der Waals surface area contributed by atoms with Crippen LogP contribution in [0.4, 0.5) is 0 Å². The minimum atomic E-state index is -2.67. The summed E-state index contributed by atoms with van der Waals surface area (Å²) in [5.41, 5.74) is -8.02. The molecule has 0 aromatic carbocycles. The van der Waals surface area contributed by atoms with Crippen molar-refractivity contribution < 1.29 is 48.7 Å². The summed E-state index contributed by atoms with van der Waals surface area (Å²) in [6.45, 7) is 6.53. The van der Waals surface area contributed by atoms with Gasteiger partial charge in [-0.1, -0.05) is 32.1 Å². The molecule has 7 rings (SSSR count). The lowest BCUT2D eigenvalue weighted by molar-refractivity contribution is -0.350. The zero-order valence-corrected chi connectivity index (χ0v) is 21.7. The predicted octanol–water partition coefficient (Wildman–Crippen LogP) is 0.510. The van der Waals surface area contributed by atoms with Crippen molar-refractivity contribution in [3.63, 3.8) is 0 Å². The van der Waals surface area contributed by atoms with E-state index < -0.39 is 87.0 Å². The first-order valence-electron chi connectivity index (χ1n) is 13.4. The van der Waals surface area contributed by atoms with Crippen LogP contribution in [0.25, 0.3) is 0 Å². The molecule has 204 valence electrons. The number of hydrogen-bond acceptors (Lipinski definition) is 10. The standard InChI is InChI=1S/C28H32O10/c1-12-21(32)36-17-11-23(12,2)19-20(31)27(35)18-14(24(3)13(10-15(18)29)6-5-7-16(24)30)8-9-26(34)22(33)37-25(17,4)28(19,26)38-27/h5-6,10,12,14-15,17-19,29,34-35H,7-9,11H2,1-4H3/t12-,14+,15-,17-,18+,19-,23-,24+,25+,26-,27+,28+/m1/s1. The van der Waals surface area contributed by atoms with Gasteiger partial charge in [0.2, 0.25) is 5.79 Å². The molecule has 5 fully saturated rings. The molecule has 10 nitrogen and oxygen atoms in total. The normalized spacial score (nSPS) is 58.1. The van der Waals surface area contributed by atoms with Gasteiger partial charge in [-0.3, -0.25) is 14.4 Å². The van der Waals surface area contributed by atoms with Crippen LogP contribution in [0, 0.1) is 34.5 Å². The van der Waals surface area contributed by atoms with Crippen molar-refractivity contribution in [1.82, 2.24) is 0 Å². The maximum absolute atomic E-state index is 14.6. The Bertz CT molecular complexity index is 1300. The van der Waals surface area contributed by atoms with E-state index >= 15 is 0 Å². The zero-order chi connectivity index (χ0) is 27.4. The SMILES string of the molecule is C[C@@H]1C(=O)O[C@@H]2C[C@@]1(C)[C@H]1C(=O)[C@@]3(O)O[C@@]14[C@@](O)(CC[C@H]1[C@H]3[C@H](O)C=C3C=CCC(=O)[C@@]31C)C(=O)O[C@@]24C. The fourth-order valence-electron chi connectivity index (χ4n) is 9.48.